The number of carbonyl (C=O) groups is 9. The van der Waals surface area contributed by atoms with Gasteiger partial charge in [0, 0.05) is 68.1 Å². The van der Waals surface area contributed by atoms with E-state index in [1.54, 1.807) is 17.9 Å². The van der Waals surface area contributed by atoms with E-state index in [0.29, 0.717) is 116 Å². The van der Waals surface area contributed by atoms with Gasteiger partial charge in [-0.1, -0.05) is 135 Å². The maximum atomic E-state index is 15.0. The third kappa shape index (κ3) is 28.9. The number of amides is 8. The molecule has 0 aromatic heterocycles. The zero-order chi connectivity index (χ0) is 93.9. The average Bonchev–Trinajstić information content (AvgIpc) is 0.777. The predicted molar refractivity (Wildman–Crippen MR) is 500 cm³/mol. The number of anilines is 2. The van der Waals surface area contributed by atoms with Crippen molar-refractivity contribution in [3.05, 3.63) is 135 Å². The molecule has 2 heterocycles. The van der Waals surface area contributed by atoms with Gasteiger partial charge in [0.25, 0.3) is 0 Å². The van der Waals surface area contributed by atoms with Gasteiger partial charge < -0.3 is 89.4 Å². The molecule has 2 fully saturated rings. The number of Topliss-reactive ketones (excluding diaryl/α,β-unsaturated/α-hetero) is 1. The van der Waals surface area contributed by atoms with Crippen LogP contribution in [0, 0.1) is 46.3 Å². The lowest BCUT2D eigenvalue weighted by molar-refractivity contribution is -0.150. The van der Waals surface area contributed by atoms with E-state index in [2.05, 4.69) is 75.5 Å². The first-order chi connectivity index (χ1) is 63.8. The third-order valence-electron chi connectivity index (χ3n) is 27.7. The van der Waals surface area contributed by atoms with Crippen LogP contribution in [-0.2, 0) is 121 Å². The zero-order valence-corrected chi connectivity index (χ0v) is 79.2. The summed E-state index contributed by atoms with van der Waals surface area (Å²) in [6.07, 6.45) is 13.6. The number of hydrazine groups is 2. The van der Waals surface area contributed by atoms with Crippen LogP contribution in [0.3, 0.4) is 0 Å². The van der Waals surface area contributed by atoms with Crippen LogP contribution in [0.4, 0.5) is 11.4 Å². The molecular formula is C102H146N10O20. The van der Waals surface area contributed by atoms with Gasteiger partial charge >= 0.3 is 0 Å². The smallest absolute Gasteiger partial charge is 0.246 e. The molecule has 132 heavy (non-hydrogen) atoms. The van der Waals surface area contributed by atoms with E-state index < -0.39 is 52.0 Å². The fourth-order valence-electron chi connectivity index (χ4n) is 20.4. The van der Waals surface area contributed by atoms with E-state index in [9.17, 15) is 48.3 Å². The molecule has 0 saturated heterocycles. The molecule has 9 N–H and O–H groups in total. The van der Waals surface area contributed by atoms with Crippen LogP contribution in [0.15, 0.2) is 96.3 Å². The molecule has 30 heteroatoms. The Balaban J connectivity index is 0.613. The second-order valence-corrected chi connectivity index (χ2v) is 37.5. The summed E-state index contributed by atoms with van der Waals surface area (Å²) in [4.78, 5) is 128. The van der Waals surface area contributed by atoms with Crippen molar-refractivity contribution in [2.24, 2.45) is 34.5 Å². The lowest BCUT2D eigenvalue weighted by Gasteiger charge is -2.56. The highest BCUT2D eigenvalue weighted by atomic mass is 16.6. The average molecular weight is 1830 g/mol. The van der Waals surface area contributed by atoms with E-state index in [4.69, 9.17) is 47.4 Å². The van der Waals surface area contributed by atoms with Crippen molar-refractivity contribution in [2.45, 2.75) is 239 Å². The summed E-state index contributed by atoms with van der Waals surface area (Å²) in [7, 11) is 0. The quantitative estimate of drug-likeness (QED) is 0.0113. The van der Waals surface area contributed by atoms with Gasteiger partial charge in [-0.05, 0) is 195 Å². The number of phenolic OH excluding ortho intramolecular Hbond substituents is 1. The zero-order valence-electron chi connectivity index (χ0n) is 79.2. The summed E-state index contributed by atoms with van der Waals surface area (Å²) in [5.41, 5.74) is 14.4. The second-order valence-electron chi connectivity index (χ2n) is 37.5. The molecule has 11 rings (SSSR count). The summed E-state index contributed by atoms with van der Waals surface area (Å²) >= 11 is 0. The van der Waals surface area contributed by atoms with Crippen LogP contribution in [0.2, 0.25) is 0 Å². The largest absolute Gasteiger partial charge is 0.508 e. The number of nitrogens with one attached hydrogen (secondary N) is 8. The van der Waals surface area contributed by atoms with Gasteiger partial charge in [-0.3, -0.25) is 53.5 Å². The highest BCUT2D eigenvalue weighted by Gasteiger charge is 2.59. The Morgan fingerprint density at radius 2 is 1.10 bits per heavy atom. The number of phenols is 1. The first kappa shape index (κ1) is 103. The third-order valence-corrected chi connectivity index (χ3v) is 27.7. The highest BCUT2D eigenvalue weighted by molar-refractivity contribution is 6.02. The van der Waals surface area contributed by atoms with Gasteiger partial charge in [-0.2, -0.15) is 0 Å². The van der Waals surface area contributed by atoms with Crippen LogP contribution in [0.25, 0.3) is 0 Å². The number of rotatable bonds is 54. The minimum absolute atomic E-state index is 0.0142. The molecule has 5 aliphatic carbocycles. The second kappa shape index (κ2) is 52.0. The SMILES string of the molecule is CCCOCCOCCOCCOCCOCCN1NNC2=C1CCCCCC2OCC(=O)NCCCC[C@@H](NC(=O)CCOCCOCCOCCOCCNC(=O)CCC(=O)N1Cc2ccccc2C#Cc2ccccc21)C(=O)N[C@H](C(=O)C[C@@H](C)C(=O)Nc1ccc2c(c1)[C@@]1(C)CCC[C@](C)(C(=O)NC(=O)[C@@]3(C)CCC[C@]4(C)c5cc(O)ccc5CC[C@@H]34)[C@@H]1CC2)C(C)C. The monoisotopic (exact) mass is 1830 g/mol. The Bertz CT molecular complexity index is 4590. The molecule has 0 radical (unpaired) electrons. The van der Waals surface area contributed by atoms with Crippen molar-refractivity contribution in [2.75, 3.05) is 155 Å². The number of hydrogen-bond donors (Lipinski definition) is 9. The molecule has 0 bridgehead atoms. The number of ether oxygens (including phenoxy) is 10. The fourth-order valence-corrected chi connectivity index (χ4v) is 20.4. The van der Waals surface area contributed by atoms with Crippen molar-refractivity contribution in [1.29, 1.82) is 0 Å². The summed E-state index contributed by atoms with van der Waals surface area (Å²) in [5, 5.41) is 30.4. The Morgan fingerprint density at radius 1 is 0.530 bits per heavy atom. The molecule has 7 aliphatic rings. The van der Waals surface area contributed by atoms with E-state index in [-0.39, 0.29) is 168 Å². The summed E-state index contributed by atoms with van der Waals surface area (Å²) < 4.78 is 57.2. The number of aryl methyl sites for hydroxylation is 2. The standard InChI is InChI=1S/C102H146N10O20/c1-9-48-123-52-56-127-60-64-131-65-63-130-59-55-126-51-47-112-84-26-11-10-12-27-86(94(84)109-110-112)132-70-91(117)103-45-18-17-24-82(106-90(116)40-49-124-53-57-128-61-62-129-58-54-125-50-46-104-89(115)38-39-92(118)111-69-77-23-14-13-21-73(77)28-29-76-22-15-16-25-83(76)111)96(120)107-93(71(2)3)85(114)66-72(4)95(119)105-78-34-30-74-32-36-87-99(5,80(74)67-78)41-19-43-101(87,7)97(121)108-98(122)102(8)44-20-42-100(6)81-68-79(113)35-31-75(81)33-37-88(100)102/h13-16,21-23,25,30-31,34-35,67-68,71-72,82,86-88,93,109-110,113H,9-12,17-20,24,26-27,32-33,36-66,69-70H2,1-8H3,(H,103,117)(H,104,115)(H,105,119)(H,106,116)(H,107,120)(H,108,121,122)/t72-,82-,86?,87-,88-,93+,99-,100-,101+,102+/m1/s1. The number of fused-ring (bicyclic) bond motifs is 8. The molecular weight excluding hydrogens is 1690 g/mol. The number of allylic oxidation sites excluding steroid dienone is 1. The van der Waals surface area contributed by atoms with Crippen molar-refractivity contribution in [3.8, 4) is 17.6 Å². The van der Waals surface area contributed by atoms with Gasteiger partial charge in [0.1, 0.15) is 24.5 Å². The van der Waals surface area contributed by atoms with Gasteiger partial charge in [0.15, 0.2) is 5.78 Å². The van der Waals surface area contributed by atoms with Crippen LogP contribution >= 0.6 is 0 Å². The van der Waals surface area contributed by atoms with Crippen molar-refractivity contribution >= 4 is 64.4 Å². The molecule has 4 aromatic rings. The lowest BCUT2D eigenvalue weighted by Crippen LogP contribution is -2.60. The minimum Gasteiger partial charge on any atom is -0.508 e. The van der Waals surface area contributed by atoms with Gasteiger partial charge in [0.05, 0.1) is 159 Å². The van der Waals surface area contributed by atoms with Crippen LogP contribution in [0.1, 0.15) is 229 Å². The van der Waals surface area contributed by atoms with Crippen LogP contribution in [0.5, 0.6) is 5.75 Å². The Labute approximate surface area is 780 Å². The molecule has 0 spiro atoms. The Morgan fingerprint density at radius 3 is 1.73 bits per heavy atom. The summed E-state index contributed by atoms with van der Waals surface area (Å²) in [5.74, 6) is 2.33. The predicted octanol–water partition coefficient (Wildman–Crippen LogP) is 10.9. The first-order valence-electron chi connectivity index (χ1n) is 48.4. The highest BCUT2D eigenvalue weighted by Crippen LogP contribution is 2.60. The molecule has 8 amide bonds. The summed E-state index contributed by atoms with van der Waals surface area (Å²) in [6, 6.07) is 24.7. The molecule has 724 valence electrons. The van der Waals surface area contributed by atoms with Crippen LogP contribution in [-0.4, -0.2) is 227 Å². The number of benzene rings is 4. The van der Waals surface area contributed by atoms with Crippen molar-refractivity contribution in [1.82, 2.24) is 42.6 Å². The number of carbonyl (C=O) groups excluding carboxylic acids is 9. The number of unbranched alkanes of at least 4 members (excludes halogenated alkanes) is 1. The number of para-hydroxylation sites is 1. The first-order valence-corrected chi connectivity index (χ1v) is 48.4. The molecule has 2 aliphatic heterocycles. The fraction of sp³-hybridized carbons (Fsp3) is 0.637. The van der Waals surface area contributed by atoms with Gasteiger partial charge in [-0.15, -0.1) is 5.53 Å². The van der Waals surface area contributed by atoms with E-state index in [0.717, 1.165) is 141 Å². The molecule has 1 unspecified atom stereocenters. The van der Waals surface area contributed by atoms with Crippen LogP contribution < -0.4 is 47.8 Å². The Hall–Kier alpha value is -9.23. The van der Waals surface area contributed by atoms with E-state index in [1.807, 2.05) is 112 Å². The number of nitrogens with zero attached hydrogens (tertiary/aromatic N) is 2. The topological polar surface area (TPSA) is 369 Å². The number of hydrogen-bond acceptors (Lipinski definition) is 23. The van der Waals surface area contributed by atoms with Crippen molar-refractivity contribution in [3.63, 3.8) is 0 Å². The van der Waals surface area contributed by atoms with E-state index in [1.165, 1.54) is 5.56 Å². The molecule has 4 aromatic carbocycles. The van der Waals surface area contributed by atoms with Gasteiger partial charge in [0.2, 0.25) is 47.3 Å². The van der Waals surface area contributed by atoms with Crippen molar-refractivity contribution < 1.29 is 95.6 Å². The number of aromatic hydroxyl groups is 1. The Kier molecular flexibility index (Phi) is 40.7. The molecule has 10 atom stereocenters. The lowest BCUT2D eigenvalue weighted by atomic mass is 9.49. The number of imide groups is 1. The maximum Gasteiger partial charge on any atom is 0.246 e. The summed E-state index contributed by atoms with van der Waals surface area (Å²) in [6.45, 7) is 24.1. The minimum atomic E-state index is -1.08. The van der Waals surface area contributed by atoms with Gasteiger partial charge in [-0.25, -0.2) is 0 Å². The number of ketones is 1. The maximum absolute atomic E-state index is 15.0. The molecule has 2 saturated carbocycles. The molecule has 30 nitrogen and oxygen atoms in total. The van der Waals surface area contributed by atoms with E-state index >= 15 is 0 Å². The normalized spacial score (nSPS) is 21.9.